The van der Waals surface area contributed by atoms with E-state index in [1.54, 1.807) is 18.2 Å². The maximum atomic E-state index is 11.3. The molecule has 0 amide bonds. The molecule has 0 aliphatic rings. The molecule has 0 bridgehead atoms. The molecule has 0 aliphatic carbocycles. The van der Waals surface area contributed by atoms with Crippen molar-refractivity contribution in [2.75, 3.05) is 0 Å². The van der Waals surface area contributed by atoms with Gasteiger partial charge in [0, 0.05) is 0 Å². The summed E-state index contributed by atoms with van der Waals surface area (Å²) in [6, 6.07) is 8.02. The Balaban J connectivity index is 2.69. The Bertz CT molecular complexity index is 383. The van der Waals surface area contributed by atoms with Gasteiger partial charge in [-0.1, -0.05) is 18.2 Å². The first-order valence-corrected chi connectivity index (χ1v) is 5.90. The molecule has 0 aliphatic heterocycles. The molecule has 1 aromatic rings. The van der Waals surface area contributed by atoms with E-state index in [2.05, 4.69) is 4.74 Å². The lowest BCUT2D eigenvalue weighted by Gasteiger charge is -2.14. The van der Waals surface area contributed by atoms with Gasteiger partial charge in [0.15, 0.2) is 5.85 Å². The van der Waals surface area contributed by atoms with Crippen molar-refractivity contribution in [1.29, 1.82) is 0 Å². The SMILES string of the molecule is CC(OC(=O)c1ccccc1)P(=O)(O)O. The predicted octanol–water partition coefficient (Wildman–Crippen LogP) is 1.37. The number of benzene rings is 1. The molecule has 0 saturated heterocycles. The van der Waals surface area contributed by atoms with E-state index in [1.165, 1.54) is 12.1 Å². The molecule has 5 nitrogen and oxygen atoms in total. The third-order valence-corrected chi connectivity index (χ3v) is 2.81. The second kappa shape index (κ2) is 4.57. The van der Waals surface area contributed by atoms with Crippen molar-refractivity contribution < 1.29 is 23.9 Å². The Morgan fingerprint density at radius 1 is 1.33 bits per heavy atom. The Hall–Kier alpha value is -1.16. The fourth-order valence-corrected chi connectivity index (χ4v) is 1.10. The summed E-state index contributed by atoms with van der Waals surface area (Å²) in [5, 5.41) is 0. The number of carbonyl (C=O) groups is 1. The van der Waals surface area contributed by atoms with Gasteiger partial charge >= 0.3 is 13.6 Å². The van der Waals surface area contributed by atoms with Crippen LogP contribution in [0.25, 0.3) is 0 Å². The van der Waals surface area contributed by atoms with Crippen LogP contribution in [0.3, 0.4) is 0 Å². The van der Waals surface area contributed by atoms with E-state index in [0.717, 1.165) is 6.92 Å². The highest BCUT2D eigenvalue weighted by atomic mass is 31.2. The zero-order valence-corrected chi connectivity index (χ0v) is 8.92. The maximum absolute atomic E-state index is 11.3. The number of hydrogen-bond acceptors (Lipinski definition) is 3. The smallest absolute Gasteiger partial charge is 0.365 e. The minimum Gasteiger partial charge on any atom is -0.446 e. The van der Waals surface area contributed by atoms with Gasteiger partial charge in [-0.3, -0.25) is 4.57 Å². The monoisotopic (exact) mass is 230 g/mol. The minimum absolute atomic E-state index is 0.262. The number of rotatable bonds is 3. The molecule has 0 fully saturated rings. The van der Waals surface area contributed by atoms with E-state index < -0.39 is 19.4 Å². The van der Waals surface area contributed by atoms with Crippen LogP contribution in [-0.2, 0) is 9.30 Å². The minimum atomic E-state index is -4.37. The lowest BCUT2D eigenvalue weighted by molar-refractivity contribution is 0.0429. The third kappa shape index (κ3) is 3.47. The van der Waals surface area contributed by atoms with Crippen LogP contribution in [0.5, 0.6) is 0 Å². The van der Waals surface area contributed by atoms with Crippen LogP contribution in [0.1, 0.15) is 17.3 Å². The van der Waals surface area contributed by atoms with Crippen molar-refractivity contribution in [1.82, 2.24) is 0 Å². The van der Waals surface area contributed by atoms with Crippen molar-refractivity contribution >= 4 is 13.6 Å². The summed E-state index contributed by atoms with van der Waals surface area (Å²) in [6.07, 6.45) is 0. The zero-order valence-electron chi connectivity index (χ0n) is 8.03. The summed E-state index contributed by atoms with van der Waals surface area (Å²) in [4.78, 5) is 28.8. The number of hydrogen-bond donors (Lipinski definition) is 2. The van der Waals surface area contributed by atoms with Crippen LogP contribution in [0.4, 0.5) is 0 Å². The van der Waals surface area contributed by atoms with Gasteiger partial charge in [-0.2, -0.15) is 0 Å². The van der Waals surface area contributed by atoms with Gasteiger partial charge in [0.1, 0.15) is 0 Å². The molecule has 1 aromatic carbocycles. The third-order valence-electron chi connectivity index (χ3n) is 1.76. The molecule has 15 heavy (non-hydrogen) atoms. The van der Waals surface area contributed by atoms with Crippen LogP contribution in [0, 0.1) is 0 Å². The van der Waals surface area contributed by atoms with Gasteiger partial charge in [0.05, 0.1) is 5.56 Å². The normalized spacial score (nSPS) is 13.3. The van der Waals surface area contributed by atoms with Gasteiger partial charge in [0.25, 0.3) is 0 Å². The molecule has 0 heterocycles. The molecule has 82 valence electrons. The maximum Gasteiger partial charge on any atom is 0.365 e. The van der Waals surface area contributed by atoms with E-state index >= 15 is 0 Å². The molecule has 2 N–H and O–H groups in total. The van der Waals surface area contributed by atoms with Crippen molar-refractivity contribution in [3.05, 3.63) is 35.9 Å². The molecule has 0 saturated carbocycles. The van der Waals surface area contributed by atoms with Crippen LogP contribution in [0.2, 0.25) is 0 Å². The molecular weight excluding hydrogens is 219 g/mol. The summed E-state index contributed by atoms with van der Waals surface area (Å²) in [5.74, 6) is -2.17. The summed E-state index contributed by atoms with van der Waals surface area (Å²) in [7, 11) is -4.37. The quantitative estimate of drug-likeness (QED) is 0.605. The average molecular weight is 230 g/mol. The molecule has 6 heteroatoms. The molecule has 0 spiro atoms. The molecule has 1 rings (SSSR count). The first-order valence-electron chi connectivity index (χ1n) is 4.22. The second-order valence-corrected chi connectivity index (χ2v) is 4.87. The van der Waals surface area contributed by atoms with E-state index in [-0.39, 0.29) is 5.56 Å². The van der Waals surface area contributed by atoms with Crippen LogP contribution in [-0.4, -0.2) is 21.6 Å². The van der Waals surface area contributed by atoms with Crippen molar-refractivity contribution in [3.8, 4) is 0 Å². The van der Waals surface area contributed by atoms with Crippen LogP contribution < -0.4 is 0 Å². The zero-order chi connectivity index (χ0) is 11.5. The lowest BCUT2D eigenvalue weighted by atomic mass is 10.2. The number of carbonyl (C=O) groups excluding carboxylic acids is 1. The van der Waals surface area contributed by atoms with Gasteiger partial charge < -0.3 is 14.5 Å². The van der Waals surface area contributed by atoms with E-state index in [1.807, 2.05) is 0 Å². The largest absolute Gasteiger partial charge is 0.446 e. The molecule has 1 unspecified atom stereocenters. The van der Waals surface area contributed by atoms with Crippen molar-refractivity contribution in [3.63, 3.8) is 0 Å². The Kier molecular flexibility index (Phi) is 3.63. The van der Waals surface area contributed by atoms with Crippen LogP contribution in [0.15, 0.2) is 30.3 Å². The fourth-order valence-electron chi connectivity index (χ4n) is 0.866. The number of esters is 1. The summed E-state index contributed by atoms with van der Waals surface area (Å²) in [5.41, 5.74) is 0.262. The summed E-state index contributed by atoms with van der Waals surface area (Å²) >= 11 is 0. The lowest BCUT2D eigenvalue weighted by Crippen LogP contribution is -2.15. The predicted molar refractivity (Wildman–Crippen MR) is 53.4 cm³/mol. The van der Waals surface area contributed by atoms with Gasteiger partial charge in [-0.25, -0.2) is 4.79 Å². The number of ether oxygens (including phenoxy) is 1. The van der Waals surface area contributed by atoms with Crippen LogP contribution >= 0.6 is 7.60 Å². The van der Waals surface area contributed by atoms with Crippen molar-refractivity contribution in [2.24, 2.45) is 0 Å². The van der Waals surface area contributed by atoms with E-state index in [9.17, 15) is 9.36 Å². The van der Waals surface area contributed by atoms with Gasteiger partial charge in [0.2, 0.25) is 0 Å². The molecule has 0 aromatic heterocycles. The molecule has 0 radical (unpaired) electrons. The summed E-state index contributed by atoms with van der Waals surface area (Å²) < 4.78 is 15.3. The fraction of sp³-hybridized carbons (Fsp3) is 0.222. The van der Waals surface area contributed by atoms with E-state index in [0.29, 0.717) is 0 Å². The van der Waals surface area contributed by atoms with E-state index in [4.69, 9.17) is 9.79 Å². The molecular formula is C9H11O5P. The molecule has 1 atom stereocenters. The first kappa shape index (κ1) is 11.9. The second-order valence-electron chi connectivity index (χ2n) is 2.96. The highest BCUT2D eigenvalue weighted by Gasteiger charge is 2.27. The Morgan fingerprint density at radius 3 is 2.33 bits per heavy atom. The Morgan fingerprint density at radius 2 is 1.87 bits per heavy atom. The average Bonchev–Trinajstić information content (AvgIpc) is 2.17. The standard InChI is InChI=1S/C9H11O5P/c1-7(15(11,12)13)14-9(10)8-5-3-2-4-6-8/h2-7H,1H3,(H2,11,12,13). The topological polar surface area (TPSA) is 83.8 Å². The Labute approximate surface area is 86.9 Å². The van der Waals surface area contributed by atoms with Crippen molar-refractivity contribution in [2.45, 2.75) is 12.8 Å². The van der Waals surface area contributed by atoms with Gasteiger partial charge in [-0.15, -0.1) is 0 Å². The first-order chi connectivity index (χ1) is 6.91. The van der Waals surface area contributed by atoms with Gasteiger partial charge in [-0.05, 0) is 19.1 Å². The highest BCUT2D eigenvalue weighted by Crippen LogP contribution is 2.41. The summed E-state index contributed by atoms with van der Waals surface area (Å²) in [6.45, 7) is 1.15. The highest BCUT2D eigenvalue weighted by molar-refractivity contribution is 7.52.